The van der Waals surface area contributed by atoms with Gasteiger partial charge in [0.15, 0.2) is 5.76 Å². The molecule has 3 fully saturated rings. The Labute approximate surface area is 164 Å². The molecule has 1 heterocycles. The topological polar surface area (TPSA) is 113 Å². The Bertz CT molecular complexity index is 762. The standard InChI is InChI=1S/C21H30O7/c1-9-6-12(27-5)18(25)19(3)11(9)7-13-20(4)17(19)16(24)15(23)10(2)21(20,26)8-14(22)28-13/h6,9-11,13,15-17,23-24,26H,7-8H2,1-5H3/t9-,10+,11-,13-,15+,16-,17-,19+,20-,21-/m1/s1. The lowest BCUT2D eigenvalue weighted by atomic mass is 9.37. The van der Waals surface area contributed by atoms with Crippen LogP contribution in [0.2, 0.25) is 0 Å². The fourth-order valence-corrected chi connectivity index (χ4v) is 7.17. The van der Waals surface area contributed by atoms with Crippen LogP contribution >= 0.6 is 0 Å². The maximum atomic E-state index is 13.5. The molecule has 0 aromatic rings. The molecule has 2 saturated carbocycles. The van der Waals surface area contributed by atoms with Crippen molar-refractivity contribution in [3.8, 4) is 0 Å². The van der Waals surface area contributed by atoms with Gasteiger partial charge in [-0.05, 0) is 24.3 Å². The maximum Gasteiger partial charge on any atom is 0.309 e. The molecule has 4 aliphatic rings. The molecular weight excluding hydrogens is 364 g/mol. The SMILES string of the molecule is COC1=C[C@@H](C)[C@H]2C[C@H]3OC(=O)C[C@@]4(O)[C@@H](C)[C@H](O)[C@@H](O)[C@H]([C@@]2(C)C1=O)[C@@]34C. The van der Waals surface area contributed by atoms with Crippen LogP contribution < -0.4 is 0 Å². The summed E-state index contributed by atoms with van der Waals surface area (Å²) in [5.41, 5.74) is -3.72. The Morgan fingerprint density at radius 3 is 2.43 bits per heavy atom. The lowest BCUT2D eigenvalue weighted by molar-refractivity contribution is -0.329. The van der Waals surface area contributed by atoms with E-state index in [0.29, 0.717) is 6.42 Å². The Kier molecular flexibility index (Phi) is 4.11. The minimum absolute atomic E-state index is 0.0559. The smallest absolute Gasteiger partial charge is 0.309 e. The first-order chi connectivity index (χ1) is 12.9. The molecule has 3 aliphatic carbocycles. The fraction of sp³-hybridized carbons (Fsp3) is 0.810. The summed E-state index contributed by atoms with van der Waals surface area (Å²) in [6.45, 7) is 7.22. The Morgan fingerprint density at radius 2 is 1.82 bits per heavy atom. The number of allylic oxidation sites excluding steroid dienone is 2. The van der Waals surface area contributed by atoms with Gasteiger partial charge in [-0.3, -0.25) is 9.59 Å². The number of methoxy groups -OCH3 is 1. The first kappa shape index (κ1) is 19.9. The number of hydrogen-bond donors (Lipinski definition) is 3. The van der Waals surface area contributed by atoms with E-state index in [2.05, 4.69) is 0 Å². The largest absolute Gasteiger partial charge is 0.493 e. The molecule has 7 heteroatoms. The van der Waals surface area contributed by atoms with Gasteiger partial charge in [-0.25, -0.2) is 0 Å². The summed E-state index contributed by atoms with van der Waals surface area (Å²) in [6, 6.07) is 0. The Hall–Kier alpha value is -1.44. The van der Waals surface area contributed by atoms with Crippen LogP contribution in [0.25, 0.3) is 0 Å². The zero-order valence-corrected chi connectivity index (χ0v) is 17.0. The van der Waals surface area contributed by atoms with E-state index in [0.717, 1.165) is 0 Å². The van der Waals surface area contributed by atoms with E-state index < -0.39 is 52.5 Å². The first-order valence-electron chi connectivity index (χ1n) is 10.0. The number of ether oxygens (including phenoxy) is 2. The number of carbonyl (C=O) groups is 2. The van der Waals surface area contributed by atoms with Gasteiger partial charge in [0.1, 0.15) is 6.10 Å². The Balaban J connectivity index is 1.97. The van der Waals surface area contributed by atoms with Gasteiger partial charge in [-0.2, -0.15) is 0 Å². The van der Waals surface area contributed by atoms with Crippen LogP contribution in [-0.2, 0) is 19.1 Å². The molecule has 1 saturated heterocycles. The maximum absolute atomic E-state index is 13.5. The highest BCUT2D eigenvalue weighted by molar-refractivity contribution is 5.99. The van der Waals surface area contributed by atoms with E-state index in [-0.39, 0.29) is 29.8 Å². The minimum atomic E-state index is -1.58. The number of hydrogen-bond acceptors (Lipinski definition) is 7. The third kappa shape index (κ3) is 2.00. The highest BCUT2D eigenvalue weighted by Gasteiger charge is 2.77. The zero-order chi connectivity index (χ0) is 20.8. The van der Waals surface area contributed by atoms with E-state index in [1.165, 1.54) is 7.11 Å². The molecule has 156 valence electrons. The summed E-state index contributed by atoms with van der Waals surface area (Å²) in [5, 5.41) is 33.8. The van der Waals surface area contributed by atoms with Crippen molar-refractivity contribution >= 4 is 11.8 Å². The van der Waals surface area contributed by atoms with E-state index in [4.69, 9.17) is 9.47 Å². The number of rotatable bonds is 1. The summed E-state index contributed by atoms with van der Waals surface area (Å²) in [5.74, 6) is -2.31. The predicted octanol–water partition coefficient (Wildman–Crippen LogP) is 0.802. The molecule has 0 aromatic heterocycles. The van der Waals surface area contributed by atoms with Crippen LogP contribution in [0.4, 0.5) is 0 Å². The quantitative estimate of drug-likeness (QED) is 0.564. The van der Waals surface area contributed by atoms with E-state index in [9.17, 15) is 24.9 Å². The van der Waals surface area contributed by atoms with Gasteiger partial charge in [0, 0.05) is 22.7 Å². The summed E-state index contributed by atoms with van der Waals surface area (Å²) in [6.07, 6.45) is -1.21. The van der Waals surface area contributed by atoms with Crippen molar-refractivity contribution < 1.29 is 34.4 Å². The van der Waals surface area contributed by atoms with Crippen LogP contribution in [0.1, 0.15) is 40.5 Å². The van der Waals surface area contributed by atoms with Gasteiger partial charge in [0.2, 0.25) is 5.78 Å². The third-order valence-corrected chi connectivity index (χ3v) is 8.76. The van der Waals surface area contributed by atoms with Crippen molar-refractivity contribution in [1.82, 2.24) is 0 Å². The molecule has 0 amide bonds. The van der Waals surface area contributed by atoms with Gasteiger partial charge in [-0.1, -0.05) is 27.7 Å². The monoisotopic (exact) mass is 394 g/mol. The molecule has 28 heavy (non-hydrogen) atoms. The molecule has 3 N–H and O–H groups in total. The van der Waals surface area contributed by atoms with Gasteiger partial charge in [0.05, 0.1) is 31.3 Å². The minimum Gasteiger partial charge on any atom is -0.493 e. The number of ketones is 1. The van der Waals surface area contributed by atoms with E-state index in [1.807, 2.05) is 6.92 Å². The molecule has 0 radical (unpaired) electrons. The lowest BCUT2D eigenvalue weighted by Gasteiger charge is -2.70. The van der Waals surface area contributed by atoms with Crippen molar-refractivity contribution in [1.29, 1.82) is 0 Å². The fourth-order valence-electron chi connectivity index (χ4n) is 7.17. The van der Waals surface area contributed by atoms with Gasteiger partial charge in [0.25, 0.3) is 0 Å². The molecular formula is C21H30O7. The van der Waals surface area contributed by atoms with Crippen LogP contribution in [0.5, 0.6) is 0 Å². The van der Waals surface area contributed by atoms with Crippen LogP contribution in [0, 0.1) is 34.5 Å². The average Bonchev–Trinajstić information content (AvgIpc) is 2.63. The number of aliphatic hydroxyl groups is 3. The summed E-state index contributed by atoms with van der Waals surface area (Å²) < 4.78 is 11.0. The van der Waals surface area contributed by atoms with Crippen LogP contribution in [0.3, 0.4) is 0 Å². The predicted molar refractivity (Wildman–Crippen MR) is 97.7 cm³/mol. The number of fused-ring (bicyclic) bond motifs is 2. The molecule has 7 nitrogen and oxygen atoms in total. The molecule has 1 aliphatic heterocycles. The van der Waals surface area contributed by atoms with Crippen molar-refractivity contribution in [2.45, 2.75) is 64.4 Å². The summed E-state index contributed by atoms with van der Waals surface area (Å²) >= 11 is 0. The first-order valence-corrected chi connectivity index (χ1v) is 10.0. The average molecular weight is 394 g/mol. The van der Waals surface area contributed by atoms with Crippen molar-refractivity contribution in [3.05, 3.63) is 11.8 Å². The second kappa shape index (κ2) is 5.80. The van der Waals surface area contributed by atoms with E-state index in [1.54, 1.807) is 26.8 Å². The molecule has 0 spiro atoms. The summed E-state index contributed by atoms with van der Waals surface area (Å²) in [4.78, 5) is 25.9. The van der Waals surface area contributed by atoms with Gasteiger partial charge in [-0.15, -0.1) is 0 Å². The number of carbonyl (C=O) groups excluding carboxylic acids is 2. The molecule has 0 unspecified atom stereocenters. The highest BCUT2D eigenvalue weighted by Crippen LogP contribution is 2.69. The highest BCUT2D eigenvalue weighted by atomic mass is 16.6. The summed E-state index contributed by atoms with van der Waals surface area (Å²) in [7, 11) is 1.44. The van der Waals surface area contributed by atoms with Crippen molar-refractivity contribution in [2.75, 3.05) is 7.11 Å². The second-order valence-corrected chi connectivity index (χ2v) is 9.66. The number of esters is 1. The number of aliphatic hydroxyl groups excluding tert-OH is 2. The third-order valence-electron chi connectivity index (χ3n) is 8.76. The second-order valence-electron chi connectivity index (χ2n) is 9.66. The Morgan fingerprint density at radius 1 is 1.18 bits per heavy atom. The molecule has 0 aromatic carbocycles. The van der Waals surface area contributed by atoms with Gasteiger partial charge < -0.3 is 24.8 Å². The molecule has 0 bridgehead atoms. The van der Waals surface area contributed by atoms with Crippen molar-refractivity contribution in [2.24, 2.45) is 34.5 Å². The van der Waals surface area contributed by atoms with Crippen LogP contribution in [-0.4, -0.2) is 58.1 Å². The van der Waals surface area contributed by atoms with Crippen LogP contribution in [0.15, 0.2) is 11.8 Å². The number of Topliss-reactive ketones (excluding diaryl/α,β-unsaturated/α-hetero) is 1. The molecule has 4 rings (SSSR count). The van der Waals surface area contributed by atoms with Crippen molar-refractivity contribution in [3.63, 3.8) is 0 Å². The zero-order valence-electron chi connectivity index (χ0n) is 17.0. The molecule has 10 atom stereocenters. The lowest BCUT2D eigenvalue weighted by Crippen LogP contribution is -2.79. The van der Waals surface area contributed by atoms with E-state index >= 15 is 0 Å². The van der Waals surface area contributed by atoms with Gasteiger partial charge >= 0.3 is 5.97 Å². The normalized spacial score (nSPS) is 55.6.